The number of nitro groups is 1. The fraction of sp³-hybridized carbons (Fsp3) is 0.333. The Labute approximate surface area is 113 Å². The SMILES string of the molecule is Cc1cc(Cn2nc(C)c([N+](=O)[O-])c2C)oc1C(=O)O. The molecule has 0 bridgehead atoms. The number of rotatable bonds is 4. The molecule has 8 nitrogen and oxygen atoms in total. The molecule has 2 aromatic rings. The zero-order valence-electron chi connectivity index (χ0n) is 11.2. The van der Waals surface area contributed by atoms with Gasteiger partial charge < -0.3 is 9.52 Å². The first-order chi connectivity index (χ1) is 9.31. The first-order valence-corrected chi connectivity index (χ1v) is 5.82. The lowest BCUT2D eigenvalue weighted by Gasteiger charge is -2.00. The molecule has 0 atom stereocenters. The van der Waals surface area contributed by atoms with Gasteiger partial charge in [0, 0.05) is 5.56 Å². The molecular formula is C12H13N3O5. The van der Waals surface area contributed by atoms with Crippen LogP contribution < -0.4 is 0 Å². The maximum Gasteiger partial charge on any atom is 0.372 e. The van der Waals surface area contributed by atoms with Crippen molar-refractivity contribution in [1.29, 1.82) is 0 Å². The number of aromatic nitrogens is 2. The number of hydrogen-bond acceptors (Lipinski definition) is 5. The van der Waals surface area contributed by atoms with E-state index in [0.717, 1.165) is 0 Å². The Morgan fingerprint density at radius 2 is 2.15 bits per heavy atom. The van der Waals surface area contributed by atoms with Crippen LogP contribution in [0.25, 0.3) is 0 Å². The Balaban J connectivity index is 2.36. The minimum Gasteiger partial charge on any atom is -0.475 e. The molecule has 2 aromatic heterocycles. The average molecular weight is 279 g/mol. The zero-order chi connectivity index (χ0) is 15.0. The number of nitrogens with zero attached hydrogens (tertiary/aromatic N) is 3. The molecule has 0 aliphatic heterocycles. The van der Waals surface area contributed by atoms with Crippen LogP contribution in [0.1, 0.15) is 33.3 Å². The molecule has 0 spiro atoms. The standard InChI is InChI=1S/C12H13N3O5/c1-6-4-9(20-11(6)12(16)17)5-14-8(3)10(15(18)19)7(2)13-14/h4H,5H2,1-3H3,(H,16,17). The van der Waals surface area contributed by atoms with E-state index in [0.29, 0.717) is 22.7 Å². The van der Waals surface area contributed by atoms with Crippen LogP contribution in [0.4, 0.5) is 5.69 Å². The molecule has 0 aliphatic rings. The Hall–Kier alpha value is -2.64. The normalized spacial score (nSPS) is 10.8. The van der Waals surface area contributed by atoms with Crippen molar-refractivity contribution in [3.8, 4) is 0 Å². The Morgan fingerprint density at radius 3 is 2.60 bits per heavy atom. The molecule has 106 valence electrons. The van der Waals surface area contributed by atoms with E-state index in [1.165, 1.54) is 4.68 Å². The van der Waals surface area contributed by atoms with Crippen LogP contribution in [0.2, 0.25) is 0 Å². The fourth-order valence-electron chi connectivity index (χ4n) is 2.09. The van der Waals surface area contributed by atoms with Crippen LogP contribution in [0.15, 0.2) is 10.5 Å². The van der Waals surface area contributed by atoms with Crippen molar-refractivity contribution >= 4 is 11.7 Å². The summed E-state index contributed by atoms with van der Waals surface area (Å²) in [5.41, 5.74) is 1.18. The molecular weight excluding hydrogens is 266 g/mol. The van der Waals surface area contributed by atoms with E-state index in [1.807, 2.05) is 0 Å². The fourth-order valence-corrected chi connectivity index (χ4v) is 2.09. The smallest absolute Gasteiger partial charge is 0.372 e. The van der Waals surface area contributed by atoms with Crippen molar-refractivity contribution in [3.05, 3.63) is 44.7 Å². The molecule has 0 saturated heterocycles. The van der Waals surface area contributed by atoms with E-state index in [1.54, 1.807) is 26.8 Å². The predicted molar refractivity (Wildman–Crippen MR) is 67.9 cm³/mol. The summed E-state index contributed by atoms with van der Waals surface area (Å²) in [5.74, 6) is -0.885. The number of furan rings is 1. The highest BCUT2D eigenvalue weighted by atomic mass is 16.6. The molecule has 0 radical (unpaired) electrons. The average Bonchev–Trinajstić information content (AvgIpc) is 2.81. The van der Waals surface area contributed by atoms with Crippen LogP contribution in [0.5, 0.6) is 0 Å². The predicted octanol–water partition coefficient (Wildman–Crippen LogP) is 2.06. The van der Waals surface area contributed by atoms with E-state index in [2.05, 4.69) is 5.10 Å². The van der Waals surface area contributed by atoms with E-state index in [4.69, 9.17) is 9.52 Å². The lowest BCUT2D eigenvalue weighted by Crippen LogP contribution is -2.03. The van der Waals surface area contributed by atoms with Gasteiger partial charge in [0.15, 0.2) is 0 Å². The van der Waals surface area contributed by atoms with Gasteiger partial charge in [0.1, 0.15) is 17.1 Å². The number of carboxylic acid groups (broad SMARTS) is 1. The van der Waals surface area contributed by atoms with Gasteiger partial charge in [-0.3, -0.25) is 14.8 Å². The summed E-state index contributed by atoms with van der Waals surface area (Å²) in [6, 6.07) is 1.59. The van der Waals surface area contributed by atoms with Crippen LogP contribution in [0.3, 0.4) is 0 Å². The summed E-state index contributed by atoms with van der Waals surface area (Å²) in [6.45, 7) is 4.92. The third-order valence-electron chi connectivity index (χ3n) is 2.99. The van der Waals surface area contributed by atoms with Gasteiger partial charge in [-0.05, 0) is 26.8 Å². The topological polar surface area (TPSA) is 111 Å². The van der Waals surface area contributed by atoms with Crippen LogP contribution in [-0.2, 0) is 6.54 Å². The minimum atomic E-state index is -1.15. The Bertz CT molecular complexity index is 698. The van der Waals surface area contributed by atoms with Gasteiger partial charge in [-0.2, -0.15) is 5.10 Å². The molecule has 0 amide bonds. The van der Waals surface area contributed by atoms with Gasteiger partial charge in [-0.15, -0.1) is 0 Å². The number of hydrogen-bond donors (Lipinski definition) is 1. The lowest BCUT2D eigenvalue weighted by molar-refractivity contribution is -0.386. The van der Waals surface area contributed by atoms with Gasteiger partial charge in [0.25, 0.3) is 0 Å². The number of aromatic carboxylic acids is 1. The highest BCUT2D eigenvalue weighted by Gasteiger charge is 2.23. The van der Waals surface area contributed by atoms with Crippen molar-refractivity contribution in [2.75, 3.05) is 0 Å². The highest BCUT2D eigenvalue weighted by molar-refractivity contribution is 5.86. The van der Waals surface area contributed by atoms with Gasteiger partial charge in [0.05, 0.1) is 11.5 Å². The first-order valence-electron chi connectivity index (χ1n) is 5.82. The first kappa shape index (κ1) is 13.8. The second-order valence-corrected chi connectivity index (χ2v) is 4.46. The molecule has 2 rings (SSSR count). The quantitative estimate of drug-likeness (QED) is 0.677. The van der Waals surface area contributed by atoms with Crippen molar-refractivity contribution in [1.82, 2.24) is 9.78 Å². The van der Waals surface area contributed by atoms with Crippen LogP contribution in [0, 0.1) is 30.9 Å². The monoisotopic (exact) mass is 279 g/mol. The summed E-state index contributed by atoms with van der Waals surface area (Å²) in [7, 11) is 0. The second kappa shape index (κ2) is 4.80. The molecule has 0 unspecified atom stereocenters. The molecule has 0 aromatic carbocycles. The summed E-state index contributed by atoms with van der Waals surface area (Å²) < 4.78 is 6.64. The minimum absolute atomic E-state index is 0.0354. The summed E-state index contributed by atoms with van der Waals surface area (Å²) >= 11 is 0. The molecule has 2 heterocycles. The summed E-state index contributed by atoms with van der Waals surface area (Å²) in [5, 5.41) is 23.9. The molecule has 0 fully saturated rings. The molecule has 0 saturated carbocycles. The zero-order valence-corrected chi connectivity index (χ0v) is 11.2. The van der Waals surface area contributed by atoms with Gasteiger partial charge in [0.2, 0.25) is 5.76 Å². The van der Waals surface area contributed by atoms with Crippen LogP contribution in [-0.4, -0.2) is 25.8 Å². The number of carboxylic acids is 1. The van der Waals surface area contributed by atoms with E-state index >= 15 is 0 Å². The molecule has 20 heavy (non-hydrogen) atoms. The third kappa shape index (κ3) is 2.27. The van der Waals surface area contributed by atoms with E-state index in [-0.39, 0.29) is 18.0 Å². The molecule has 8 heteroatoms. The van der Waals surface area contributed by atoms with E-state index in [9.17, 15) is 14.9 Å². The van der Waals surface area contributed by atoms with Gasteiger partial charge in [-0.25, -0.2) is 4.79 Å². The second-order valence-electron chi connectivity index (χ2n) is 4.46. The molecule has 0 aliphatic carbocycles. The van der Waals surface area contributed by atoms with Crippen molar-refractivity contribution in [3.63, 3.8) is 0 Å². The van der Waals surface area contributed by atoms with Crippen molar-refractivity contribution in [2.24, 2.45) is 0 Å². The Morgan fingerprint density at radius 1 is 1.50 bits per heavy atom. The third-order valence-corrected chi connectivity index (χ3v) is 2.99. The van der Waals surface area contributed by atoms with Gasteiger partial charge >= 0.3 is 11.7 Å². The highest BCUT2D eigenvalue weighted by Crippen LogP contribution is 2.23. The largest absolute Gasteiger partial charge is 0.475 e. The van der Waals surface area contributed by atoms with Crippen molar-refractivity contribution in [2.45, 2.75) is 27.3 Å². The van der Waals surface area contributed by atoms with E-state index < -0.39 is 10.9 Å². The summed E-state index contributed by atoms with van der Waals surface area (Å²) in [4.78, 5) is 21.3. The van der Waals surface area contributed by atoms with Crippen molar-refractivity contribution < 1.29 is 19.2 Å². The number of aryl methyl sites for hydroxylation is 2. The lowest BCUT2D eigenvalue weighted by atomic mass is 10.2. The van der Waals surface area contributed by atoms with Gasteiger partial charge in [-0.1, -0.05) is 0 Å². The maximum absolute atomic E-state index is 10.9. The van der Waals surface area contributed by atoms with Crippen LogP contribution >= 0.6 is 0 Å². The number of carbonyl (C=O) groups is 1. The Kier molecular flexibility index (Phi) is 3.31. The molecule has 1 N–H and O–H groups in total. The maximum atomic E-state index is 10.9. The summed E-state index contributed by atoms with van der Waals surface area (Å²) in [6.07, 6.45) is 0.